The highest BCUT2D eigenvalue weighted by Crippen LogP contribution is 2.20. The third-order valence-electron chi connectivity index (χ3n) is 4.76. The number of rotatable bonds is 8. The van der Waals surface area contributed by atoms with Crippen LogP contribution < -0.4 is 16.3 Å². The van der Waals surface area contributed by atoms with Gasteiger partial charge in [-0.05, 0) is 43.5 Å². The van der Waals surface area contributed by atoms with Crippen LogP contribution in [0.15, 0.2) is 53.3 Å². The second-order valence-electron chi connectivity index (χ2n) is 7.64. The van der Waals surface area contributed by atoms with Crippen molar-refractivity contribution in [2.75, 3.05) is 17.2 Å². The molecule has 1 amide bonds. The molecule has 0 spiro atoms. The van der Waals surface area contributed by atoms with Crippen molar-refractivity contribution in [1.82, 2.24) is 9.55 Å². The van der Waals surface area contributed by atoms with Crippen molar-refractivity contribution in [1.29, 1.82) is 0 Å². The number of ketones is 1. The first-order valence-corrected chi connectivity index (χ1v) is 9.99. The summed E-state index contributed by atoms with van der Waals surface area (Å²) in [7, 11) is 0. The third kappa shape index (κ3) is 5.11. The molecule has 0 unspecified atom stereocenters. The Kier molecular flexibility index (Phi) is 6.61. The van der Waals surface area contributed by atoms with Crippen molar-refractivity contribution in [3.05, 3.63) is 64.6 Å². The molecule has 30 heavy (non-hydrogen) atoms. The van der Waals surface area contributed by atoms with Crippen LogP contribution in [0.3, 0.4) is 0 Å². The number of carbonyl (C=O) groups excluding carboxylic acids is 2. The van der Waals surface area contributed by atoms with Gasteiger partial charge in [0.25, 0.3) is 0 Å². The van der Waals surface area contributed by atoms with Crippen LogP contribution in [0.5, 0.6) is 0 Å². The highest BCUT2D eigenvalue weighted by atomic mass is 16.2. The second kappa shape index (κ2) is 9.35. The van der Waals surface area contributed by atoms with Crippen LogP contribution >= 0.6 is 0 Å². The zero-order valence-corrected chi connectivity index (χ0v) is 17.4. The van der Waals surface area contributed by atoms with Crippen LogP contribution in [0, 0.1) is 5.92 Å². The van der Waals surface area contributed by atoms with Gasteiger partial charge in [-0.15, -0.1) is 0 Å². The molecule has 0 bridgehead atoms. The summed E-state index contributed by atoms with van der Waals surface area (Å²) < 4.78 is 1.35. The summed E-state index contributed by atoms with van der Waals surface area (Å²) in [4.78, 5) is 41.0. The van der Waals surface area contributed by atoms with E-state index in [1.165, 1.54) is 11.5 Å². The van der Waals surface area contributed by atoms with Crippen LogP contribution in [-0.2, 0) is 11.3 Å². The van der Waals surface area contributed by atoms with Crippen molar-refractivity contribution >= 4 is 34.1 Å². The number of aromatic nitrogens is 2. The molecule has 0 atom stereocenters. The first-order chi connectivity index (χ1) is 14.3. The molecule has 2 N–H and O–H groups in total. The number of amides is 1. The summed E-state index contributed by atoms with van der Waals surface area (Å²) in [5.74, 6) is 0.611. The summed E-state index contributed by atoms with van der Waals surface area (Å²) in [6.07, 6.45) is 0.959. The normalized spacial score (nSPS) is 10.9. The Labute approximate surface area is 175 Å². The number of Topliss-reactive ketones (excluding diaryl/α,β-unsaturated/α-hetero) is 1. The average Bonchev–Trinajstić information content (AvgIpc) is 2.70. The summed E-state index contributed by atoms with van der Waals surface area (Å²) >= 11 is 0. The Morgan fingerprint density at radius 3 is 2.60 bits per heavy atom. The Morgan fingerprint density at radius 1 is 1.10 bits per heavy atom. The number of hydrogen-bond donors (Lipinski definition) is 2. The summed E-state index contributed by atoms with van der Waals surface area (Å²) in [6.45, 7) is 6.27. The van der Waals surface area contributed by atoms with Gasteiger partial charge in [0.2, 0.25) is 5.91 Å². The van der Waals surface area contributed by atoms with Crippen LogP contribution in [0.4, 0.5) is 11.5 Å². The summed E-state index contributed by atoms with van der Waals surface area (Å²) in [5.41, 5.74) is 1.16. The fraction of sp³-hybridized carbons (Fsp3) is 0.304. The lowest BCUT2D eigenvalue weighted by Crippen LogP contribution is -2.30. The van der Waals surface area contributed by atoms with E-state index in [1.54, 1.807) is 30.3 Å². The number of benzene rings is 2. The molecule has 0 fully saturated rings. The molecule has 3 rings (SSSR count). The van der Waals surface area contributed by atoms with E-state index < -0.39 is 5.69 Å². The molecule has 1 aromatic heterocycles. The molecular formula is C23H26N4O3. The average molecular weight is 406 g/mol. The van der Waals surface area contributed by atoms with Gasteiger partial charge in [-0.3, -0.25) is 14.2 Å². The van der Waals surface area contributed by atoms with Crippen LogP contribution in [-0.4, -0.2) is 27.8 Å². The molecule has 1 heterocycles. The zero-order valence-electron chi connectivity index (χ0n) is 17.4. The number of para-hydroxylation sites is 1. The van der Waals surface area contributed by atoms with Crippen LogP contribution in [0.25, 0.3) is 10.9 Å². The molecule has 0 aliphatic rings. The maximum Gasteiger partial charge on any atom is 0.350 e. The Balaban J connectivity index is 1.85. The van der Waals surface area contributed by atoms with Gasteiger partial charge in [-0.1, -0.05) is 38.1 Å². The Hall–Kier alpha value is -3.48. The number of hydrogen-bond acceptors (Lipinski definition) is 5. The third-order valence-corrected chi connectivity index (χ3v) is 4.76. The smallest absolute Gasteiger partial charge is 0.350 e. The fourth-order valence-electron chi connectivity index (χ4n) is 3.16. The number of carbonyl (C=O) groups is 2. The fourth-order valence-corrected chi connectivity index (χ4v) is 3.16. The van der Waals surface area contributed by atoms with E-state index in [2.05, 4.69) is 29.5 Å². The molecule has 2 aromatic carbocycles. The number of anilines is 2. The van der Waals surface area contributed by atoms with Gasteiger partial charge in [0.1, 0.15) is 12.4 Å². The minimum atomic E-state index is -0.492. The lowest BCUT2D eigenvalue weighted by atomic mass is 10.1. The van der Waals surface area contributed by atoms with Crippen LogP contribution in [0.1, 0.15) is 37.6 Å². The second-order valence-corrected chi connectivity index (χ2v) is 7.64. The quantitative estimate of drug-likeness (QED) is 0.557. The molecule has 0 aliphatic carbocycles. The molecule has 0 saturated carbocycles. The molecule has 7 heteroatoms. The van der Waals surface area contributed by atoms with Crippen molar-refractivity contribution < 1.29 is 9.59 Å². The van der Waals surface area contributed by atoms with Gasteiger partial charge in [-0.2, -0.15) is 4.98 Å². The lowest BCUT2D eigenvalue weighted by Gasteiger charge is -2.14. The van der Waals surface area contributed by atoms with Gasteiger partial charge in [0.05, 0.1) is 5.52 Å². The maximum absolute atomic E-state index is 12.7. The first kappa shape index (κ1) is 21.2. The van der Waals surface area contributed by atoms with E-state index in [0.717, 1.165) is 11.8 Å². The molecule has 3 aromatic rings. The predicted molar refractivity (Wildman–Crippen MR) is 119 cm³/mol. The van der Waals surface area contributed by atoms with E-state index in [1.807, 2.05) is 18.2 Å². The Morgan fingerprint density at radius 2 is 1.87 bits per heavy atom. The summed E-state index contributed by atoms with van der Waals surface area (Å²) in [5, 5.41) is 6.77. The zero-order chi connectivity index (χ0) is 21.7. The molecular weight excluding hydrogens is 380 g/mol. The SMILES string of the molecule is CC(=O)c1cccc(NC(=O)Cn2c(=O)nc(NCCC(C)C)c3ccccc32)c1. The monoisotopic (exact) mass is 406 g/mol. The number of fused-ring (bicyclic) bond motifs is 1. The van der Waals surface area contributed by atoms with Crippen LogP contribution in [0.2, 0.25) is 0 Å². The van der Waals surface area contributed by atoms with Gasteiger partial charge in [0.15, 0.2) is 5.78 Å². The van der Waals surface area contributed by atoms with E-state index in [9.17, 15) is 14.4 Å². The lowest BCUT2D eigenvalue weighted by molar-refractivity contribution is -0.116. The van der Waals surface area contributed by atoms with Gasteiger partial charge in [-0.25, -0.2) is 4.79 Å². The number of nitrogens with one attached hydrogen (secondary N) is 2. The van der Waals surface area contributed by atoms with E-state index >= 15 is 0 Å². The van der Waals surface area contributed by atoms with Gasteiger partial charge < -0.3 is 10.6 Å². The summed E-state index contributed by atoms with van der Waals surface area (Å²) in [6, 6.07) is 14.1. The molecule has 0 aliphatic heterocycles. The highest BCUT2D eigenvalue weighted by molar-refractivity contribution is 5.97. The molecule has 7 nitrogen and oxygen atoms in total. The first-order valence-electron chi connectivity index (χ1n) is 9.99. The highest BCUT2D eigenvalue weighted by Gasteiger charge is 2.13. The largest absolute Gasteiger partial charge is 0.369 e. The topological polar surface area (TPSA) is 93.1 Å². The van der Waals surface area contributed by atoms with Crippen molar-refractivity contribution in [3.63, 3.8) is 0 Å². The minimum Gasteiger partial charge on any atom is -0.369 e. The minimum absolute atomic E-state index is 0.0851. The van der Waals surface area contributed by atoms with E-state index in [-0.39, 0.29) is 18.2 Å². The standard InChI is InChI=1S/C23H26N4O3/c1-15(2)11-12-24-22-19-9-4-5-10-20(19)27(23(30)26-22)14-21(29)25-18-8-6-7-17(13-18)16(3)28/h4-10,13,15H,11-12,14H2,1-3H3,(H,25,29)(H,24,26,30). The van der Waals surface area contributed by atoms with E-state index in [0.29, 0.717) is 35.0 Å². The van der Waals surface area contributed by atoms with Gasteiger partial charge >= 0.3 is 5.69 Å². The number of nitrogens with zero attached hydrogens (tertiary/aromatic N) is 2. The molecule has 0 saturated heterocycles. The Bertz CT molecular complexity index is 1130. The molecule has 0 radical (unpaired) electrons. The van der Waals surface area contributed by atoms with Gasteiger partial charge in [0, 0.05) is 23.2 Å². The van der Waals surface area contributed by atoms with Crippen molar-refractivity contribution in [2.24, 2.45) is 5.92 Å². The molecule has 156 valence electrons. The van der Waals surface area contributed by atoms with Crippen molar-refractivity contribution in [2.45, 2.75) is 33.7 Å². The van der Waals surface area contributed by atoms with E-state index in [4.69, 9.17) is 0 Å². The maximum atomic E-state index is 12.7. The van der Waals surface area contributed by atoms with Crippen molar-refractivity contribution in [3.8, 4) is 0 Å². The predicted octanol–water partition coefficient (Wildman–Crippen LogP) is 3.70.